The molecule has 5 nitrogen and oxygen atoms in total. The maximum Gasteiger partial charge on any atom is 0.323 e. The Bertz CT molecular complexity index is 556. The molecule has 1 aromatic carbocycles. The molecule has 0 spiro atoms. The fraction of sp³-hybridized carbons (Fsp3) is 0.429. The van der Waals surface area contributed by atoms with Gasteiger partial charge in [0.05, 0.1) is 24.8 Å². The van der Waals surface area contributed by atoms with Gasteiger partial charge in [-0.1, -0.05) is 6.07 Å². The number of nitrogens with zero attached hydrogens (tertiary/aromatic N) is 2. The summed E-state index contributed by atoms with van der Waals surface area (Å²) in [6.07, 6.45) is -0.305. The Morgan fingerprint density at radius 2 is 2.40 bits per heavy atom. The molecule has 106 valence electrons. The molecule has 1 saturated heterocycles. The van der Waals surface area contributed by atoms with Crippen LogP contribution < -0.4 is 0 Å². The first-order valence-corrected chi connectivity index (χ1v) is 6.23. The number of hydrogen-bond acceptors (Lipinski definition) is 5. The molecule has 0 bridgehead atoms. The van der Waals surface area contributed by atoms with Crippen molar-refractivity contribution in [3.8, 4) is 6.07 Å². The number of benzene rings is 1. The number of carbonyl (C=O) groups is 1. The standard InChI is InChI=1S/C14H15FN2O3/c1-20-14(19)13-5-12(18)8-17(13)7-9-2-3-11(15)4-10(9)6-16/h2-4,12-13,18H,5,7-8H2,1H3/t12-,13-/m0/s1. The van der Waals surface area contributed by atoms with Gasteiger partial charge in [0.2, 0.25) is 0 Å². The molecule has 2 rings (SSSR count). The summed E-state index contributed by atoms with van der Waals surface area (Å²) in [5.41, 5.74) is 0.854. The molecule has 0 radical (unpaired) electrons. The van der Waals surface area contributed by atoms with Crippen molar-refractivity contribution < 1.29 is 19.0 Å². The molecule has 0 aromatic heterocycles. The van der Waals surface area contributed by atoms with Crippen molar-refractivity contribution in [3.05, 3.63) is 35.1 Å². The Morgan fingerprint density at radius 1 is 1.65 bits per heavy atom. The van der Waals surface area contributed by atoms with E-state index in [9.17, 15) is 14.3 Å². The average Bonchev–Trinajstić information content (AvgIpc) is 2.80. The number of aliphatic hydroxyl groups excluding tert-OH is 1. The molecule has 1 aromatic rings. The number of nitriles is 1. The number of hydrogen-bond donors (Lipinski definition) is 1. The summed E-state index contributed by atoms with van der Waals surface area (Å²) in [5.74, 6) is -0.890. The quantitative estimate of drug-likeness (QED) is 0.828. The third kappa shape index (κ3) is 2.95. The highest BCUT2D eigenvalue weighted by atomic mass is 19.1. The fourth-order valence-electron chi connectivity index (χ4n) is 2.44. The molecule has 0 unspecified atom stereocenters. The lowest BCUT2D eigenvalue weighted by Crippen LogP contribution is -2.36. The highest BCUT2D eigenvalue weighted by Crippen LogP contribution is 2.23. The Hall–Kier alpha value is -1.97. The number of halogens is 1. The van der Waals surface area contributed by atoms with Gasteiger partial charge >= 0.3 is 5.97 Å². The van der Waals surface area contributed by atoms with Crippen molar-refractivity contribution in [2.45, 2.75) is 25.1 Å². The molecular weight excluding hydrogens is 263 g/mol. The molecule has 0 saturated carbocycles. The first-order chi connectivity index (χ1) is 9.55. The van der Waals surface area contributed by atoms with E-state index in [2.05, 4.69) is 0 Å². The van der Waals surface area contributed by atoms with Crippen molar-refractivity contribution in [1.82, 2.24) is 4.90 Å². The van der Waals surface area contributed by atoms with Crippen LogP contribution in [0.25, 0.3) is 0 Å². The van der Waals surface area contributed by atoms with Crippen molar-refractivity contribution in [1.29, 1.82) is 5.26 Å². The average molecular weight is 278 g/mol. The topological polar surface area (TPSA) is 73.6 Å². The molecule has 1 aliphatic rings. The number of β-amino-alcohol motifs (C(OH)–C–C–N with tert-alkyl or cyclic N) is 1. The Kier molecular flexibility index (Phi) is 4.32. The van der Waals surface area contributed by atoms with Gasteiger partial charge in [0, 0.05) is 19.5 Å². The summed E-state index contributed by atoms with van der Waals surface area (Å²) in [7, 11) is 1.30. The monoisotopic (exact) mass is 278 g/mol. The molecule has 1 N–H and O–H groups in total. The summed E-state index contributed by atoms with van der Waals surface area (Å²) in [6, 6.07) is 5.35. The number of ether oxygens (including phenoxy) is 1. The van der Waals surface area contributed by atoms with Gasteiger partial charge < -0.3 is 9.84 Å². The number of aliphatic hydroxyl groups is 1. The zero-order valence-corrected chi connectivity index (χ0v) is 11.0. The van der Waals surface area contributed by atoms with Crippen LogP contribution in [0.4, 0.5) is 4.39 Å². The van der Waals surface area contributed by atoms with Crippen molar-refractivity contribution >= 4 is 5.97 Å². The lowest BCUT2D eigenvalue weighted by atomic mass is 10.1. The van der Waals surface area contributed by atoms with Gasteiger partial charge in [-0.25, -0.2) is 4.39 Å². The van der Waals surface area contributed by atoms with Gasteiger partial charge in [-0.15, -0.1) is 0 Å². The largest absolute Gasteiger partial charge is 0.468 e. The van der Waals surface area contributed by atoms with Crippen molar-refractivity contribution in [3.63, 3.8) is 0 Å². The molecule has 0 aliphatic carbocycles. The van der Waals surface area contributed by atoms with Crippen LogP contribution >= 0.6 is 0 Å². The summed E-state index contributed by atoms with van der Waals surface area (Å²) < 4.78 is 17.8. The minimum atomic E-state index is -0.606. The van der Waals surface area contributed by atoms with Crippen molar-refractivity contribution in [2.24, 2.45) is 0 Å². The molecule has 1 aliphatic heterocycles. The second kappa shape index (κ2) is 5.99. The first-order valence-electron chi connectivity index (χ1n) is 6.23. The van der Waals surface area contributed by atoms with E-state index >= 15 is 0 Å². The van der Waals surface area contributed by atoms with Crippen LogP contribution in [0.1, 0.15) is 17.5 Å². The molecule has 0 amide bonds. The third-order valence-corrected chi connectivity index (χ3v) is 3.42. The van der Waals surface area contributed by atoms with E-state index in [4.69, 9.17) is 10.00 Å². The summed E-state index contributed by atoms with van der Waals surface area (Å²) in [4.78, 5) is 13.4. The zero-order chi connectivity index (χ0) is 14.7. The number of esters is 1. The normalized spacial score (nSPS) is 22.5. The van der Waals surface area contributed by atoms with Gasteiger partial charge in [0.25, 0.3) is 0 Å². The number of methoxy groups -OCH3 is 1. The van der Waals surface area contributed by atoms with Gasteiger partial charge in [0.1, 0.15) is 11.9 Å². The van der Waals surface area contributed by atoms with Crippen LogP contribution in [0.5, 0.6) is 0 Å². The summed E-state index contributed by atoms with van der Waals surface area (Å²) >= 11 is 0. The second-order valence-electron chi connectivity index (χ2n) is 4.77. The van der Waals surface area contributed by atoms with E-state index < -0.39 is 23.9 Å². The summed E-state index contributed by atoms with van der Waals surface area (Å²) in [5, 5.41) is 18.7. The number of carbonyl (C=O) groups excluding carboxylic acids is 1. The lowest BCUT2D eigenvalue weighted by molar-refractivity contribution is -0.146. The predicted octanol–water partition coefficient (Wildman–Crippen LogP) is 0.806. The van der Waals surface area contributed by atoms with Gasteiger partial charge in [0.15, 0.2) is 0 Å². The van der Waals surface area contributed by atoms with Gasteiger partial charge in [-0.2, -0.15) is 5.26 Å². The Balaban J connectivity index is 2.20. The van der Waals surface area contributed by atoms with E-state index in [0.717, 1.165) is 6.07 Å². The number of rotatable bonds is 3. The SMILES string of the molecule is COC(=O)[C@@H]1C[C@H](O)CN1Cc1ccc(F)cc1C#N. The first kappa shape index (κ1) is 14.4. The zero-order valence-electron chi connectivity index (χ0n) is 11.0. The maximum atomic E-state index is 13.1. The maximum absolute atomic E-state index is 13.1. The minimum absolute atomic E-state index is 0.231. The van der Waals surface area contributed by atoms with Crippen LogP contribution in [-0.2, 0) is 16.1 Å². The number of likely N-dealkylation sites (tertiary alicyclic amines) is 1. The van der Waals surface area contributed by atoms with E-state index in [0.29, 0.717) is 25.1 Å². The lowest BCUT2D eigenvalue weighted by Gasteiger charge is -2.22. The minimum Gasteiger partial charge on any atom is -0.468 e. The van der Waals surface area contributed by atoms with Crippen LogP contribution in [0, 0.1) is 17.1 Å². The van der Waals surface area contributed by atoms with Crippen LogP contribution in [-0.4, -0.2) is 41.8 Å². The van der Waals surface area contributed by atoms with Crippen LogP contribution in [0.15, 0.2) is 18.2 Å². The van der Waals surface area contributed by atoms with Gasteiger partial charge in [-0.05, 0) is 17.7 Å². The van der Waals surface area contributed by atoms with E-state index in [-0.39, 0.29) is 5.56 Å². The Morgan fingerprint density at radius 3 is 3.05 bits per heavy atom. The fourth-order valence-corrected chi connectivity index (χ4v) is 2.44. The predicted molar refractivity (Wildman–Crippen MR) is 68.0 cm³/mol. The molecule has 1 fully saturated rings. The van der Waals surface area contributed by atoms with Crippen LogP contribution in [0.2, 0.25) is 0 Å². The molecule has 1 heterocycles. The molecular formula is C14H15FN2O3. The molecule has 20 heavy (non-hydrogen) atoms. The molecule has 6 heteroatoms. The molecule has 2 atom stereocenters. The third-order valence-electron chi connectivity index (χ3n) is 3.42. The van der Waals surface area contributed by atoms with E-state index in [1.165, 1.54) is 19.2 Å². The second-order valence-corrected chi connectivity index (χ2v) is 4.77. The van der Waals surface area contributed by atoms with Crippen molar-refractivity contribution in [2.75, 3.05) is 13.7 Å². The smallest absolute Gasteiger partial charge is 0.323 e. The highest BCUT2D eigenvalue weighted by molar-refractivity contribution is 5.76. The van der Waals surface area contributed by atoms with Crippen LogP contribution in [0.3, 0.4) is 0 Å². The van der Waals surface area contributed by atoms with Gasteiger partial charge in [-0.3, -0.25) is 9.69 Å². The summed E-state index contributed by atoms with van der Waals surface area (Å²) in [6.45, 7) is 0.613. The highest BCUT2D eigenvalue weighted by Gasteiger charge is 2.36. The van der Waals surface area contributed by atoms with E-state index in [1.54, 1.807) is 4.90 Å². The van der Waals surface area contributed by atoms with E-state index in [1.807, 2.05) is 6.07 Å². The Labute approximate surface area is 116 Å².